The summed E-state index contributed by atoms with van der Waals surface area (Å²) in [7, 11) is 0. The summed E-state index contributed by atoms with van der Waals surface area (Å²) < 4.78 is 69.6. The molecule has 92 valence electrons. The number of ether oxygens (including phenoxy) is 2. The molecule has 0 bridgehead atoms. The number of aliphatic hydroxyl groups excluding tert-OH is 1. The number of fused-ring (bicyclic) bond motifs is 1. The summed E-state index contributed by atoms with van der Waals surface area (Å²) in [4.78, 5) is 0. The smallest absolute Gasteiger partial charge is 0.231 e. The summed E-state index contributed by atoms with van der Waals surface area (Å²) in [5.74, 6) is 0.355. The first kappa shape index (κ1) is 5.44. The van der Waals surface area contributed by atoms with Crippen molar-refractivity contribution >= 4 is 6.08 Å². The van der Waals surface area contributed by atoms with E-state index < -0.39 is 32.0 Å². The molecule has 1 aliphatic rings. The Morgan fingerprint density at radius 1 is 1.47 bits per heavy atom. The second-order valence-corrected chi connectivity index (χ2v) is 4.00. The van der Waals surface area contributed by atoms with Crippen LogP contribution in [0.15, 0.2) is 24.3 Å². The lowest BCUT2D eigenvalue weighted by Crippen LogP contribution is -2.23. The van der Waals surface area contributed by atoms with Crippen molar-refractivity contribution in [2.24, 2.45) is 5.41 Å². The van der Waals surface area contributed by atoms with Crippen molar-refractivity contribution in [1.82, 2.24) is 0 Å². The van der Waals surface area contributed by atoms with Crippen LogP contribution in [0.5, 0.6) is 11.5 Å². The third-order valence-corrected chi connectivity index (χ3v) is 2.33. The zero-order valence-electron chi connectivity index (χ0n) is 17.2. The highest BCUT2D eigenvalue weighted by Crippen LogP contribution is 2.33. The maximum Gasteiger partial charge on any atom is 0.231 e. The van der Waals surface area contributed by atoms with Gasteiger partial charge in [-0.15, -0.1) is 0 Å². The quantitative estimate of drug-likeness (QED) is 0.866. The lowest BCUT2D eigenvalue weighted by Gasteiger charge is -2.22. The Kier molecular flexibility index (Phi) is 1.41. The molecule has 0 aliphatic carbocycles. The summed E-state index contributed by atoms with van der Waals surface area (Å²) in [5.41, 5.74) is -1.89. The predicted octanol–water partition coefficient (Wildman–Crippen LogP) is 2.84. The topological polar surface area (TPSA) is 38.7 Å². The summed E-state index contributed by atoms with van der Waals surface area (Å²) in [6.07, 6.45) is 0.674. The van der Waals surface area contributed by atoms with E-state index in [1.807, 2.05) is 0 Å². The molecule has 0 radical (unpaired) electrons. The molecule has 1 aromatic rings. The van der Waals surface area contributed by atoms with Gasteiger partial charge in [0.15, 0.2) is 11.5 Å². The van der Waals surface area contributed by atoms with Gasteiger partial charge < -0.3 is 14.6 Å². The first-order valence-corrected chi connectivity index (χ1v) is 5.06. The van der Waals surface area contributed by atoms with Crippen LogP contribution < -0.4 is 9.47 Å². The predicted molar refractivity (Wildman–Crippen MR) is 67.1 cm³/mol. The molecular weight excluding hydrogens is 216 g/mol. The molecule has 1 heterocycles. The van der Waals surface area contributed by atoms with E-state index in [1.165, 1.54) is 24.3 Å². The largest absolute Gasteiger partial charge is 0.454 e. The van der Waals surface area contributed by atoms with Gasteiger partial charge in [-0.2, -0.15) is 0 Å². The zero-order valence-corrected chi connectivity index (χ0v) is 9.23. The fourth-order valence-corrected chi connectivity index (χ4v) is 1.30. The van der Waals surface area contributed by atoms with Crippen LogP contribution in [0.4, 0.5) is 0 Å². The Morgan fingerprint density at radius 3 is 3.00 bits per heavy atom. The molecule has 17 heavy (non-hydrogen) atoms. The third kappa shape index (κ3) is 2.80. The van der Waals surface area contributed by atoms with Gasteiger partial charge in [0.1, 0.15) is 2.74 Å². The van der Waals surface area contributed by atoms with Crippen LogP contribution in [0.25, 0.3) is 6.08 Å². The minimum Gasteiger partial charge on any atom is -0.454 e. The lowest BCUT2D eigenvalue weighted by atomic mass is 9.89. The van der Waals surface area contributed by atoms with Crippen molar-refractivity contribution in [1.29, 1.82) is 0 Å². The average molecular weight is 242 g/mol. The molecule has 1 atom stereocenters. The fraction of sp³-hybridized carbons (Fsp3) is 0.429. The summed E-state index contributed by atoms with van der Waals surface area (Å²) in [6, 6.07) is 4.43. The second-order valence-electron chi connectivity index (χ2n) is 4.00. The molecule has 0 spiro atoms. The highest BCUT2D eigenvalue weighted by Gasteiger charge is 2.19. The Balaban J connectivity index is 2.27. The van der Waals surface area contributed by atoms with Crippen molar-refractivity contribution in [3.8, 4) is 11.5 Å². The van der Waals surface area contributed by atoms with E-state index in [-0.39, 0.29) is 11.5 Å². The summed E-state index contributed by atoms with van der Waals surface area (Å²) in [6.45, 7) is -7.10. The molecule has 3 heteroatoms. The lowest BCUT2D eigenvalue weighted by molar-refractivity contribution is 0.106. The van der Waals surface area contributed by atoms with Crippen molar-refractivity contribution < 1.29 is 25.5 Å². The molecule has 2 rings (SSSR count). The third-order valence-electron chi connectivity index (χ3n) is 2.33. The summed E-state index contributed by atoms with van der Waals surface area (Å²) in [5, 5.41) is 10.3. The number of hydrogen-bond donors (Lipinski definition) is 1. The first-order valence-electron chi connectivity index (χ1n) is 9.06. The molecule has 0 aromatic heterocycles. The normalized spacial score (nSPS) is 27.9. The molecule has 3 nitrogen and oxygen atoms in total. The molecular formula is C14H18O3. The van der Waals surface area contributed by atoms with Gasteiger partial charge in [-0.3, -0.25) is 0 Å². The Morgan fingerprint density at radius 2 is 2.24 bits per heavy atom. The van der Waals surface area contributed by atoms with Gasteiger partial charge in [-0.05, 0) is 23.1 Å². The highest BCUT2D eigenvalue weighted by molar-refractivity contribution is 5.56. The minimum absolute atomic E-state index is 0.149. The van der Waals surface area contributed by atoms with E-state index in [9.17, 15) is 5.11 Å². The van der Waals surface area contributed by atoms with Gasteiger partial charge in [-0.1, -0.05) is 38.8 Å². The van der Waals surface area contributed by atoms with Gasteiger partial charge in [-0.25, -0.2) is 0 Å². The van der Waals surface area contributed by atoms with Crippen LogP contribution in [-0.4, -0.2) is 18.0 Å². The molecule has 1 aliphatic heterocycles. The van der Waals surface area contributed by atoms with E-state index in [0.29, 0.717) is 5.56 Å². The van der Waals surface area contributed by atoms with Gasteiger partial charge in [0.05, 0.1) is 6.10 Å². The van der Waals surface area contributed by atoms with Crippen molar-refractivity contribution in [2.45, 2.75) is 26.7 Å². The van der Waals surface area contributed by atoms with Crippen LogP contribution in [0.1, 0.15) is 37.2 Å². The second kappa shape index (κ2) is 4.41. The van der Waals surface area contributed by atoms with Gasteiger partial charge in [0, 0.05) is 8.22 Å². The number of aliphatic hydroxyl groups is 1. The molecule has 0 fully saturated rings. The average Bonchev–Trinajstić information content (AvgIpc) is 2.74. The van der Waals surface area contributed by atoms with Gasteiger partial charge in [0.2, 0.25) is 6.75 Å². The van der Waals surface area contributed by atoms with Gasteiger partial charge >= 0.3 is 0 Å². The molecule has 1 N–H and O–H groups in total. The molecule has 0 saturated carbocycles. The maximum absolute atomic E-state index is 10.3. The van der Waals surface area contributed by atoms with E-state index >= 15 is 0 Å². The van der Waals surface area contributed by atoms with E-state index in [4.69, 9.17) is 20.4 Å². The van der Waals surface area contributed by atoms with Crippen molar-refractivity contribution in [3.63, 3.8) is 0 Å². The fourth-order valence-electron chi connectivity index (χ4n) is 1.30. The van der Waals surface area contributed by atoms with Crippen molar-refractivity contribution in [3.05, 3.63) is 29.8 Å². The molecule has 1 aromatic carbocycles. The minimum atomic E-state index is -2.91. The molecule has 0 amide bonds. The van der Waals surface area contributed by atoms with Crippen LogP contribution in [-0.2, 0) is 0 Å². The monoisotopic (exact) mass is 242 g/mol. The van der Waals surface area contributed by atoms with Crippen LogP contribution in [0.2, 0.25) is 0 Å². The molecule has 0 saturated heterocycles. The number of hydrogen-bond acceptors (Lipinski definition) is 3. The Labute approximate surface area is 113 Å². The highest BCUT2D eigenvalue weighted by atomic mass is 16.7. The van der Waals surface area contributed by atoms with E-state index in [2.05, 4.69) is 0 Å². The Hall–Kier alpha value is -1.48. The Bertz CT molecular complexity index is 664. The van der Waals surface area contributed by atoms with Crippen LogP contribution in [0.3, 0.4) is 0 Å². The van der Waals surface area contributed by atoms with Gasteiger partial charge in [0.25, 0.3) is 0 Å². The van der Waals surface area contributed by atoms with Crippen molar-refractivity contribution in [2.75, 3.05) is 6.75 Å². The number of benzene rings is 1. The maximum atomic E-state index is 10.3. The van der Waals surface area contributed by atoms with E-state index in [0.717, 1.165) is 13.0 Å². The standard InChI is InChI=1S/C14H18O3/c1-14(2,3)13(15)7-5-10-4-6-11-12(8-10)17-9-16-11/h4-8,13,15H,9H2,1-3H3/b7-5+/i1D3,2D3,9D2. The summed E-state index contributed by atoms with van der Waals surface area (Å²) >= 11 is 0. The SMILES string of the molecule is [2H]C1([2H])Oc2ccc(/C=C/C(O)C(C)(C([2H])([2H])[2H])C([2H])([2H])[2H])cc2O1. The molecule has 1 unspecified atom stereocenters. The zero-order chi connectivity index (χ0) is 19.3. The van der Waals surface area contributed by atoms with E-state index in [1.54, 1.807) is 0 Å². The first-order chi connectivity index (χ1) is 11.2. The number of rotatable bonds is 2. The van der Waals surface area contributed by atoms with Crippen LogP contribution >= 0.6 is 0 Å². The van der Waals surface area contributed by atoms with Crippen LogP contribution in [0, 0.1) is 5.41 Å².